The van der Waals surface area contributed by atoms with Crippen LogP contribution in [0.15, 0.2) is 0 Å². The second-order valence-corrected chi connectivity index (χ2v) is 5.42. The number of hydrogen-bond acceptors (Lipinski definition) is 3. The minimum Gasteiger partial charge on any atom is -0.480 e. The van der Waals surface area contributed by atoms with E-state index < -0.39 is 11.5 Å². The molecule has 0 saturated heterocycles. The number of hydrogen-bond donors (Lipinski definition) is 2. The third-order valence-electron chi connectivity index (χ3n) is 3.38. The second-order valence-electron chi connectivity index (χ2n) is 5.42. The van der Waals surface area contributed by atoms with Gasteiger partial charge in [-0.15, -0.1) is 0 Å². The van der Waals surface area contributed by atoms with E-state index in [9.17, 15) is 4.79 Å². The SMILES string of the molecule is CN(CC1CCCCC1)CC(C)(N)C(=O)O. The molecule has 4 nitrogen and oxygen atoms in total. The van der Waals surface area contributed by atoms with Crippen LogP contribution in [0.4, 0.5) is 0 Å². The third kappa shape index (κ3) is 4.10. The highest BCUT2D eigenvalue weighted by atomic mass is 16.4. The minimum absolute atomic E-state index is 0.416. The van der Waals surface area contributed by atoms with E-state index in [0.717, 1.165) is 12.5 Å². The van der Waals surface area contributed by atoms with Gasteiger partial charge in [-0.1, -0.05) is 19.3 Å². The number of carboxylic acid groups (broad SMARTS) is 1. The molecule has 1 atom stereocenters. The molecule has 1 saturated carbocycles. The first kappa shape index (κ1) is 13.5. The number of likely N-dealkylation sites (N-methyl/N-ethyl adjacent to an activating group) is 1. The Hall–Kier alpha value is -0.610. The van der Waals surface area contributed by atoms with Gasteiger partial charge in [0.25, 0.3) is 0 Å². The summed E-state index contributed by atoms with van der Waals surface area (Å²) in [6, 6.07) is 0. The molecule has 4 heteroatoms. The minimum atomic E-state index is -1.14. The lowest BCUT2D eigenvalue weighted by molar-refractivity contribution is -0.143. The summed E-state index contributed by atoms with van der Waals surface area (Å²) < 4.78 is 0. The molecule has 1 fully saturated rings. The van der Waals surface area contributed by atoms with Crippen LogP contribution in [0.3, 0.4) is 0 Å². The van der Waals surface area contributed by atoms with Crippen molar-refractivity contribution in [2.45, 2.75) is 44.6 Å². The smallest absolute Gasteiger partial charge is 0.324 e. The Balaban J connectivity index is 2.34. The van der Waals surface area contributed by atoms with Crippen LogP contribution in [0.5, 0.6) is 0 Å². The molecule has 0 amide bonds. The maximum atomic E-state index is 10.9. The first-order valence-corrected chi connectivity index (χ1v) is 6.12. The lowest BCUT2D eigenvalue weighted by atomic mass is 9.88. The highest BCUT2D eigenvalue weighted by Gasteiger charge is 2.30. The molecule has 0 aromatic rings. The van der Waals surface area contributed by atoms with Gasteiger partial charge in [0, 0.05) is 13.1 Å². The van der Waals surface area contributed by atoms with Crippen molar-refractivity contribution in [2.75, 3.05) is 20.1 Å². The van der Waals surface area contributed by atoms with E-state index in [-0.39, 0.29) is 0 Å². The van der Waals surface area contributed by atoms with E-state index in [1.807, 2.05) is 7.05 Å². The fourth-order valence-electron chi connectivity index (χ4n) is 2.50. The molecule has 0 aromatic heterocycles. The van der Waals surface area contributed by atoms with Crippen LogP contribution in [0.25, 0.3) is 0 Å². The Bertz CT molecular complexity index is 235. The van der Waals surface area contributed by atoms with Crippen LogP contribution < -0.4 is 5.73 Å². The van der Waals surface area contributed by atoms with Crippen molar-refractivity contribution in [3.05, 3.63) is 0 Å². The number of carboxylic acids is 1. The molecule has 0 radical (unpaired) electrons. The molecule has 1 aliphatic rings. The topological polar surface area (TPSA) is 66.6 Å². The van der Waals surface area contributed by atoms with Crippen molar-refractivity contribution in [2.24, 2.45) is 11.7 Å². The maximum absolute atomic E-state index is 10.9. The Morgan fingerprint density at radius 2 is 2.00 bits per heavy atom. The molecule has 16 heavy (non-hydrogen) atoms. The van der Waals surface area contributed by atoms with Gasteiger partial charge in [0.2, 0.25) is 0 Å². The lowest BCUT2D eigenvalue weighted by Crippen LogP contribution is -2.53. The monoisotopic (exact) mass is 228 g/mol. The van der Waals surface area contributed by atoms with Gasteiger partial charge in [0.15, 0.2) is 0 Å². The highest BCUT2D eigenvalue weighted by molar-refractivity contribution is 5.78. The van der Waals surface area contributed by atoms with Gasteiger partial charge in [-0.3, -0.25) is 4.79 Å². The maximum Gasteiger partial charge on any atom is 0.324 e. The molecule has 1 rings (SSSR count). The van der Waals surface area contributed by atoms with Crippen LogP contribution in [0.2, 0.25) is 0 Å². The molecule has 1 unspecified atom stereocenters. The van der Waals surface area contributed by atoms with Crippen molar-refractivity contribution in [3.63, 3.8) is 0 Å². The van der Waals surface area contributed by atoms with Crippen LogP contribution in [0.1, 0.15) is 39.0 Å². The average molecular weight is 228 g/mol. The first-order valence-electron chi connectivity index (χ1n) is 6.12. The fraction of sp³-hybridized carbons (Fsp3) is 0.917. The summed E-state index contributed by atoms with van der Waals surface area (Å²) in [7, 11) is 1.96. The fourth-order valence-corrected chi connectivity index (χ4v) is 2.50. The number of rotatable bonds is 5. The van der Waals surface area contributed by atoms with E-state index in [1.54, 1.807) is 6.92 Å². The average Bonchev–Trinajstić information content (AvgIpc) is 2.17. The summed E-state index contributed by atoms with van der Waals surface area (Å²) in [5.41, 5.74) is 4.59. The highest BCUT2D eigenvalue weighted by Crippen LogP contribution is 2.24. The number of nitrogens with zero attached hydrogens (tertiary/aromatic N) is 1. The predicted molar refractivity (Wildman–Crippen MR) is 64.3 cm³/mol. The molecule has 0 aliphatic heterocycles. The zero-order valence-electron chi connectivity index (χ0n) is 10.4. The normalized spacial score (nSPS) is 22.0. The van der Waals surface area contributed by atoms with Gasteiger partial charge < -0.3 is 15.7 Å². The van der Waals surface area contributed by atoms with Gasteiger partial charge in [0.1, 0.15) is 5.54 Å². The van der Waals surface area contributed by atoms with Crippen LogP contribution >= 0.6 is 0 Å². The number of nitrogens with two attached hydrogens (primary N) is 1. The molecule has 0 bridgehead atoms. The van der Waals surface area contributed by atoms with Gasteiger partial charge in [0.05, 0.1) is 0 Å². The molecule has 1 aliphatic carbocycles. The van der Waals surface area contributed by atoms with Gasteiger partial charge in [-0.2, -0.15) is 0 Å². The van der Waals surface area contributed by atoms with Crippen LogP contribution in [0, 0.1) is 5.92 Å². The second kappa shape index (κ2) is 5.64. The molecular formula is C12H24N2O2. The molecular weight excluding hydrogens is 204 g/mol. The molecule has 3 N–H and O–H groups in total. The lowest BCUT2D eigenvalue weighted by Gasteiger charge is -2.31. The molecule has 0 spiro atoms. The molecule has 94 valence electrons. The van der Waals surface area contributed by atoms with Gasteiger partial charge in [-0.25, -0.2) is 0 Å². The summed E-state index contributed by atoms with van der Waals surface area (Å²) in [5, 5.41) is 8.94. The Labute approximate surface area is 97.8 Å². The standard InChI is InChI=1S/C12H24N2O2/c1-12(13,11(15)16)9-14(2)8-10-6-4-3-5-7-10/h10H,3-9,13H2,1-2H3,(H,15,16). The third-order valence-corrected chi connectivity index (χ3v) is 3.38. The number of aliphatic carboxylic acids is 1. The zero-order chi connectivity index (χ0) is 12.2. The Kier molecular flexibility index (Phi) is 4.74. The van der Waals surface area contributed by atoms with E-state index in [4.69, 9.17) is 10.8 Å². The summed E-state index contributed by atoms with van der Waals surface area (Å²) in [6.45, 7) is 2.96. The van der Waals surface area contributed by atoms with Gasteiger partial charge >= 0.3 is 5.97 Å². The van der Waals surface area contributed by atoms with Crippen LogP contribution in [-0.2, 0) is 4.79 Å². The Morgan fingerprint density at radius 3 is 2.50 bits per heavy atom. The summed E-state index contributed by atoms with van der Waals surface area (Å²) in [4.78, 5) is 13.0. The van der Waals surface area contributed by atoms with Crippen molar-refractivity contribution in [1.29, 1.82) is 0 Å². The van der Waals surface area contributed by atoms with Gasteiger partial charge in [-0.05, 0) is 32.7 Å². The van der Waals surface area contributed by atoms with Crippen molar-refractivity contribution in [3.8, 4) is 0 Å². The summed E-state index contributed by atoms with van der Waals surface area (Å²) in [6.07, 6.45) is 6.54. The summed E-state index contributed by atoms with van der Waals surface area (Å²) >= 11 is 0. The quantitative estimate of drug-likeness (QED) is 0.744. The summed E-state index contributed by atoms with van der Waals surface area (Å²) in [5.74, 6) is -0.202. The predicted octanol–water partition coefficient (Wildman–Crippen LogP) is 1.30. The number of carbonyl (C=O) groups is 1. The van der Waals surface area contributed by atoms with Crippen LogP contribution in [-0.4, -0.2) is 41.7 Å². The van der Waals surface area contributed by atoms with E-state index in [2.05, 4.69) is 4.90 Å². The molecule has 0 aromatic carbocycles. The van der Waals surface area contributed by atoms with Crippen molar-refractivity contribution < 1.29 is 9.90 Å². The Morgan fingerprint density at radius 1 is 1.44 bits per heavy atom. The van der Waals surface area contributed by atoms with Crippen molar-refractivity contribution >= 4 is 5.97 Å². The van der Waals surface area contributed by atoms with E-state index in [0.29, 0.717) is 6.54 Å². The largest absolute Gasteiger partial charge is 0.480 e. The zero-order valence-corrected chi connectivity index (χ0v) is 10.4. The molecule has 0 heterocycles. The first-order chi connectivity index (χ1) is 7.42. The van der Waals surface area contributed by atoms with Crippen molar-refractivity contribution in [1.82, 2.24) is 4.90 Å². The van der Waals surface area contributed by atoms with E-state index >= 15 is 0 Å². The van der Waals surface area contributed by atoms with E-state index in [1.165, 1.54) is 32.1 Å².